The number of halogens is 2. The van der Waals surface area contributed by atoms with Crippen molar-refractivity contribution in [3.8, 4) is 0 Å². The Morgan fingerprint density at radius 3 is 2.38 bits per heavy atom. The van der Waals surface area contributed by atoms with Crippen LogP contribution in [-0.2, 0) is 9.53 Å². The second-order valence-electron chi connectivity index (χ2n) is 5.71. The maximum atomic E-state index is 12.9. The molecule has 0 aliphatic rings. The van der Waals surface area contributed by atoms with Crippen molar-refractivity contribution in [1.29, 1.82) is 0 Å². The van der Waals surface area contributed by atoms with Gasteiger partial charge in [-0.1, -0.05) is 30.3 Å². The number of ether oxygens (including phenoxy) is 1. The van der Waals surface area contributed by atoms with Gasteiger partial charge in [0.05, 0.1) is 10.6 Å². The predicted octanol–water partition coefficient (Wildman–Crippen LogP) is 5.25. The summed E-state index contributed by atoms with van der Waals surface area (Å²) in [4.78, 5) is 35.6. The van der Waals surface area contributed by atoms with E-state index in [0.717, 1.165) is 0 Å². The molecule has 0 aliphatic heterocycles. The van der Waals surface area contributed by atoms with E-state index in [-0.39, 0.29) is 11.4 Å². The van der Waals surface area contributed by atoms with Crippen LogP contribution in [0.25, 0.3) is 0 Å². The van der Waals surface area contributed by atoms with E-state index in [9.17, 15) is 19.7 Å². The van der Waals surface area contributed by atoms with Crippen LogP contribution in [0.5, 0.6) is 0 Å². The summed E-state index contributed by atoms with van der Waals surface area (Å²) >= 11 is 6.29. The van der Waals surface area contributed by atoms with Gasteiger partial charge in [-0.2, -0.15) is 0 Å². The van der Waals surface area contributed by atoms with Gasteiger partial charge in [0.1, 0.15) is 0 Å². The number of nitrogens with zero attached hydrogens (tertiary/aromatic N) is 1. The molecular formula is C19H12Br2N2O6. The molecule has 0 spiro atoms. The van der Waals surface area contributed by atoms with Gasteiger partial charge in [-0.3, -0.25) is 14.9 Å². The van der Waals surface area contributed by atoms with Crippen molar-refractivity contribution in [2.45, 2.75) is 6.10 Å². The topological polar surface area (TPSA) is 112 Å². The predicted molar refractivity (Wildman–Crippen MR) is 110 cm³/mol. The zero-order valence-corrected chi connectivity index (χ0v) is 17.7. The first-order chi connectivity index (χ1) is 13.8. The Kier molecular flexibility index (Phi) is 6.45. The number of furan rings is 1. The smallest absolute Gasteiger partial charge is 0.375 e. The fourth-order valence-corrected chi connectivity index (χ4v) is 3.18. The number of carbonyl (C=O) groups is 2. The molecule has 0 radical (unpaired) electrons. The van der Waals surface area contributed by atoms with Crippen molar-refractivity contribution in [1.82, 2.24) is 0 Å². The lowest BCUT2D eigenvalue weighted by molar-refractivity contribution is -0.384. The van der Waals surface area contributed by atoms with Crippen LogP contribution >= 0.6 is 31.9 Å². The number of non-ortho nitro benzene ring substituents is 1. The van der Waals surface area contributed by atoms with Crippen LogP contribution in [0, 0.1) is 10.1 Å². The number of hydrogen-bond donors (Lipinski definition) is 1. The quantitative estimate of drug-likeness (QED) is 0.268. The number of nitrogens with one attached hydrogen (secondary N) is 1. The van der Waals surface area contributed by atoms with Gasteiger partial charge < -0.3 is 14.5 Å². The summed E-state index contributed by atoms with van der Waals surface area (Å²) in [6.07, 6.45) is -1.27. The Hall–Kier alpha value is -2.98. The van der Waals surface area contributed by atoms with Gasteiger partial charge >= 0.3 is 5.97 Å². The third-order valence-electron chi connectivity index (χ3n) is 3.76. The van der Waals surface area contributed by atoms with E-state index < -0.39 is 22.9 Å². The molecule has 148 valence electrons. The van der Waals surface area contributed by atoms with Gasteiger partial charge in [0.15, 0.2) is 4.67 Å². The average Bonchev–Trinajstić information content (AvgIpc) is 3.14. The van der Waals surface area contributed by atoms with E-state index in [1.54, 1.807) is 30.3 Å². The zero-order chi connectivity index (χ0) is 21.0. The first kappa shape index (κ1) is 20.7. The Bertz CT molecular complexity index is 1070. The summed E-state index contributed by atoms with van der Waals surface area (Å²) in [5, 5.41) is 13.5. The molecule has 2 aromatic carbocycles. The first-order valence-corrected chi connectivity index (χ1v) is 9.70. The van der Waals surface area contributed by atoms with Crippen molar-refractivity contribution >= 4 is 55.1 Å². The number of nitro benzene ring substituents is 1. The van der Waals surface area contributed by atoms with Gasteiger partial charge in [0, 0.05) is 22.2 Å². The molecule has 29 heavy (non-hydrogen) atoms. The van der Waals surface area contributed by atoms with Crippen LogP contribution in [0.2, 0.25) is 0 Å². The number of benzene rings is 2. The summed E-state index contributed by atoms with van der Waals surface area (Å²) in [6, 6.07) is 15.3. The fourth-order valence-electron chi connectivity index (χ4n) is 2.41. The third kappa shape index (κ3) is 5.09. The Morgan fingerprint density at radius 1 is 1.07 bits per heavy atom. The largest absolute Gasteiger partial charge is 0.442 e. The second-order valence-corrected chi connectivity index (χ2v) is 7.35. The number of hydrogen-bond acceptors (Lipinski definition) is 6. The SMILES string of the molecule is O=C(O[C@@H](C(=O)Nc1ccc([N+](=O)[O-])cc1Br)c1ccccc1)c1ccc(Br)o1. The van der Waals surface area contributed by atoms with Crippen molar-refractivity contribution in [2.75, 3.05) is 5.32 Å². The highest BCUT2D eigenvalue weighted by Gasteiger charge is 2.27. The van der Waals surface area contributed by atoms with Crippen LogP contribution in [0.1, 0.15) is 22.2 Å². The number of carbonyl (C=O) groups excluding carboxylic acids is 2. The second kappa shape index (κ2) is 9.01. The summed E-state index contributed by atoms with van der Waals surface area (Å²) in [7, 11) is 0. The minimum Gasteiger partial charge on any atom is -0.442 e. The average molecular weight is 524 g/mol. The van der Waals surface area contributed by atoms with Crippen molar-refractivity contribution in [3.63, 3.8) is 0 Å². The first-order valence-electron chi connectivity index (χ1n) is 8.11. The van der Waals surface area contributed by atoms with E-state index in [1.807, 2.05) is 0 Å². The molecule has 0 saturated heterocycles. The van der Waals surface area contributed by atoms with Crippen LogP contribution < -0.4 is 5.32 Å². The number of esters is 1. The molecule has 1 N–H and O–H groups in total. The fraction of sp³-hybridized carbons (Fsp3) is 0.0526. The molecule has 8 nitrogen and oxygen atoms in total. The molecule has 1 atom stereocenters. The van der Waals surface area contributed by atoms with E-state index in [0.29, 0.717) is 20.4 Å². The summed E-state index contributed by atoms with van der Waals surface area (Å²) in [6.45, 7) is 0. The zero-order valence-electron chi connectivity index (χ0n) is 14.5. The lowest BCUT2D eigenvalue weighted by Crippen LogP contribution is -2.26. The molecular weight excluding hydrogens is 512 g/mol. The molecule has 0 bridgehead atoms. The van der Waals surface area contributed by atoms with Gasteiger partial charge in [-0.25, -0.2) is 4.79 Å². The number of anilines is 1. The Morgan fingerprint density at radius 2 is 1.79 bits per heavy atom. The normalized spacial score (nSPS) is 11.5. The number of amides is 1. The molecule has 1 aromatic heterocycles. The van der Waals surface area contributed by atoms with E-state index in [4.69, 9.17) is 9.15 Å². The maximum Gasteiger partial charge on any atom is 0.375 e. The molecule has 3 aromatic rings. The molecule has 0 fully saturated rings. The van der Waals surface area contributed by atoms with E-state index in [1.165, 1.54) is 30.3 Å². The molecule has 1 heterocycles. The summed E-state index contributed by atoms with van der Waals surface area (Å²) < 4.78 is 11.2. The minimum atomic E-state index is -1.27. The molecule has 0 aliphatic carbocycles. The standard InChI is InChI=1S/C19H12Br2N2O6/c20-13-10-12(23(26)27)6-7-14(13)22-18(24)17(11-4-2-1-3-5-11)29-19(25)15-8-9-16(21)28-15/h1-10,17H,(H,22,24)/t17-/m1/s1. The third-order valence-corrected chi connectivity index (χ3v) is 4.84. The summed E-state index contributed by atoms with van der Waals surface area (Å²) in [5.41, 5.74) is 0.602. The summed E-state index contributed by atoms with van der Waals surface area (Å²) in [5.74, 6) is -1.52. The van der Waals surface area contributed by atoms with Crippen molar-refractivity contribution in [3.05, 3.63) is 91.2 Å². The molecule has 1 amide bonds. The van der Waals surface area contributed by atoms with Crippen LogP contribution in [0.15, 0.2) is 74.2 Å². The van der Waals surface area contributed by atoms with Crippen LogP contribution in [0.3, 0.4) is 0 Å². The maximum absolute atomic E-state index is 12.9. The van der Waals surface area contributed by atoms with Gasteiger partial charge in [0.25, 0.3) is 11.6 Å². The lowest BCUT2D eigenvalue weighted by atomic mass is 10.1. The van der Waals surface area contributed by atoms with Crippen molar-refractivity contribution in [2.24, 2.45) is 0 Å². The molecule has 0 unspecified atom stereocenters. The van der Waals surface area contributed by atoms with Gasteiger partial charge in [-0.05, 0) is 50.1 Å². The highest BCUT2D eigenvalue weighted by atomic mass is 79.9. The Balaban J connectivity index is 1.85. The van der Waals surface area contributed by atoms with E-state index in [2.05, 4.69) is 37.2 Å². The number of nitro groups is 1. The van der Waals surface area contributed by atoms with Gasteiger partial charge in [-0.15, -0.1) is 0 Å². The number of rotatable bonds is 6. The monoisotopic (exact) mass is 522 g/mol. The van der Waals surface area contributed by atoms with E-state index >= 15 is 0 Å². The highest BCUT2D eigenvalue weighted by molar-refractivity contribution is 9.10. The van der Waals surface area contributed by atoms with Crippen molar-refractivity contribution < 1.29 is 23.7 Å². The van der Waals surface area contributed by atoms with Crippen LogP contribution in [0.4, 0.5) is 11.4 Å². The van der Waals surface area contributed by atoms with Gasteiger partial charge in [0.2, 0.25) is 11.9 Å². The molecule has 10 heteroatoms. The van der Waals surface area contributed by atoms with Crippen LogP contribution in [-0.4, -0.2) is 16.8 Å². The lowest BCUT2D eigenvalue weighted by Gasteiger charge is -2.18. The highest BCUT2D eigenvalue weighted by Crippen LogP contribution is 2.29. The molecule has 3 rings (SSSR count). The Labute approximate surface area is 181 Å². The molecule has 0 saturated carbocycles. The minimum absolute atomic E-state index is 0.0675.